The van der Waals surface area contributed by atoms with Crippen molar-refractivity contribution in [2.45, 2.75) is 38.1 Å². The van der Waals surface area contributed by atoms with Gasteiger partial charge in [-0.25, -0.2) is 0 Å². The zero-order valence-electron chi connectivity index (χ0n) is 17.0. The van der Waals surface area contributed by atoms with Crippen LogP contribution in [0.15, 0.2) is 36.4 Å². The number of amides is 1. The summed E-state index contributed by atoms with van der Waals surface area (Å²) in [4.78, 5) is 17.0. The first-order valence-electron chi connectivity index (χ1n) is 10.5. The smallest absolute Gasteiger partial charge is 0.272 e. The SMILES string of the molecule is COc1ccc(N2CCN(c3ccc(C(=O)NC4CCCCC4)nn3)CC2)cc1. The summed E-state index contributed by atoms with van der Waals surface area (Å²) in [7, 11) is 1.68. The Kier molecular flexibility index (Phi) is 6.12. The average molecular weight is 396 g/mol. The second-order valence-corrected chi connectivity index (χ2v) is 7.76. The van der Waals surface area contributed by atoms with Crippen molar-refractivity contribution < 1.29 is 9.53 Å². The predicted octanol–water partition coefficient (Wildman–Crippen LogP) is 2.87. The summed E-state index contributed by atoms with van der Waals surface area (Å²) in [6.07, 6.45) is 5.79. The summed E-state index contributed by atoms with van der Waals surface area (Å²) >= 11 is 0. The molecule has 1 aliphatic heterocycles. The van der Waals surface area contributed by atoms with Crippen LogP contribution in [0.3, 0.4) is 0 Å². The zero-order valence-corrected chi connectivity index (χ0v) is 17.0. The molecule has 29 heavy (non-hydrogen) atoms. The lowest BCUT2D eigenvalue weighted by atomic mass is 9.95. The maximum atomic E-state index is 12.4. The molecule has 1 aromatic heterocycles. The Morgan fingerprint density at radius 1 is 0.931 bits per heavy atom. The lowest BCUT2D eigenvalue weighted by Gasteiger charge is -2.36. The third-order valence-electron chi connectivity index (χ3n) is 5.86. The number of methoxy groups -OCH3 is 1. The van der Waals surface area contributed by atoms with Gasteiger partial charge in [0, 0.05) is 37.9 Å². The molecule has 2 heterocycles. The fraction of sp³-hybridized carbons (Fsp3) is 0.500. The zero-order chi connectivity index (χ0) is 20.1. The molecule has 1 aromatic carbocycles. The summed E-state index contributed by atoms with van der Waals surface area (Å²) in [5.74, 6) is 1.59. The van der Waals surface area contributed by atoms with E-state index in [1.165, 1.54) is 24.9 Å². The normalized spacial score (nSPS) is 17.8. The second-order valence-electron chi connectivity index (χ2n) is 7.76. The molecule has 2 aromatic rings. The number of rotatable bonds is 5. The first-order valence-corrected chi connectivity index (χ1v) is 10.5. The van der Waals surface area contributed by atoms with Crippen LogP contribution in [0, 0.1) is 0 Å². The molecule has 1 N–H and O–H groups in total. The van der Waals surface area contributed by atoms with E-state index in [0.717, 1.165) is 50.6 Å². The monoisotopic (exact) mass is 395 g/mol. The lowest BCUT2D eigenvalue weighted by Crippen LogP contribution is -2.47. The van der Waals surface area contributed by atoms with Crippen molar-refractivity contribution in [1.82, 2.24) is 15.5 Å². The van der Waals surface area contributed by atoms with E-state index in [-0.39, 0.29) is 11.9 Å². The van der Waals surface area contributed by atoms with Gasteiger partial charge in [0.25, 0.3) is 5.91 Å². The van der Waals surface area contributed by atoms with Crippen LogP contribution in [-0.2, 0) is 0 Å². The van der Waals surface area contributed by atoms with Gasteiger partial charge in [0.2, 0.25) is 0 Å². The predicted molar refractivity (Wildman–Crippen MR) is 114 cm³/mol. The highest BCUT2D eigenvalue weighted by molar-refractivity contribution is 5.92. The van der Waals surface area contributed by atoms with E-state index in [4.69, 9.17) is 4.74 Å². The number of anilines is 2. The number of nitrogens with zero attached hydrogens (tertiary/aromatic N) is 4. The second kappa shape index (κ2) is 9.11. The van der Waals surface area contributed by atoms with E-state index < -0.39 is 0 Å². The summed E-state index contributed by atoms with van der Waals surface area (Å²) in [5.41, 5.74) is 1.60. The molecule has 0 atom stereocenters. The van der Waals surface area contributed by atoms with Crippen molar-refractivity contribution in [1.29, 1.82) is 0 Å². The molecule has 154 valence electrons. The fourth-order valence-electron chi connectivity index (χ4n) is 4.11. The molecule has 0 unspecified atom stereocenters. The van der Waals surface area contributed by atoms with E-state index in [0.29, 0.717) is 5.69 Å². The number of carbonyl (C=O) groups excluding carboxylic acids is 1. The number of nitrogens with one attached hydrogen (secondary N) is 1. The summed E-state index contributed by atoms with van der Waals surface area (Å²) in [6, 6.07) is 12.1. The Morgan fingerprint density at radius 3 is 2.24 bits per heavy atom. The highest BCUT2D eigenvalue weighted by Crippen LogP contribution is 2.22. The molecule has 1 amide bonds. The van der Waals surface area contributed by atoms with Gasteiger partial charge in [-0.2, -0.15) is 0 Å². The van der Waals surface area contributed by atoms with E-state index in [1.54, 1.807) is 13.2 Å². The number of hydrogen-bond donors (Lipinski definition) is 1. The van der Waals surface area contributed by atoms with Gasteiger partial charge in [0.15, 0.2) is 11.5 Å². The summed E-state index contributed by atoms with van der Waals surface area (Å²) in [5, 5.41) is 11.6. The van der Waals surface area contributed by atoms with Crippen molar-refractivity contribution in [3.63, 3.8) is 0 Å². The molecule has 1 saturated heterocycles. The Hall–Kier alpha value is -2.83. The van der Waals surface area contributed by atoms with Crippen LogP contribution in [0.1, 0.15) is 42.6 Å². The number of aromatic nitrogens is 2. The molecule has 2 aliphatic rings. The van der Waals surface area contributed by atoms with Crippen LogP contribution in [0.2, 0.25) is 0 Å². The van der Waals surface area contributed by atoms with Crippen molar-refractivity contribution in [2.75, 3.05) is 43.1 Å². The van der Waals surface area contributed by atoms with E-state index in [1.807, 2.05) is 18.2 Å². The molecule has 1 aliphatic carbocycles. The van der Waals surface area contributed by atoms with Crippen molar-refractivity contribution in [2.24, 2.45) is 0 Å². The number of ether oxygens (including phenoxy) is 1. The highest BCUT2D eigenvalue weighted by Gasteiger charge is 2.21. The highest BCUT2D eigenvalue weighted by atomic mass is 16.5. The Bertz CT molecular complexity index is 795. The molecule has 1 saturated carbocycles. The van der Waals surface area contributed by atoms with Crippen LogP contribution >= 0.6 is 0 Å². The Balaban J connectivity index is 1.31. The maximum absolute atomic E-state index is 12.4. The standard InChI is InChI=1S/C22H29N5O2/c1-29-19-9-7-18(8-10-19)26-13-15-27(16-14-26)21-12-11-20(24-25-21)22(28)23-17-5-3-2-4-6-17/h7-12,17H,2-6,13-16H2,1H3,(H,23,28). The van der Waals surface area contributed by atoms with Gasteiger partial charge >= 0.3 is 0 Å². The van der Waals surface area contributed by atoms with Crippen LogP contribution in [-0.4, -0.2) is 55.4 Å². The van der Waals surface area contributed by atoms with Crippen LogP contribution in [0.5, 0.6) is 5.75 Å². The van der Waals surface area contributed by atoms with Gasteiger partial charge in [-0.15, -0.1) is 10.2 Å². The van der Waals surface area contributed by atoms with Gasteiger partial charge in [-0.3, -0.25) is 4.79 Å². The third-order valence-corrected chi connectivity index (χ3v) is 5.86. The van der Waals surface area contributed by atoms with E-state index in [9.17, 15) is 4.79 Å². The molecule has 0 radical (unpaired) electrons. The Labute approximate surface area is 172 Å². The lowest BCUT2D eigenvalue weighted by molar-refractivity contribution is 0.0921. The molecular formula is C22H29N5O2. The first-order chi connectivity index (χ1) is 14.2. The topological polar surface area (TPSA) is 70.6 Å². The van der Waals surface area contributed by atoms with Crippen molar-refractivity contribution >= 4 is 17.4 Å². The van der Waals surface area contributed by atoms with Crippen LogP contribution < -0.4 is 19.9 Å². The summed E-state index contributed by atoms with van der Waals surface area (Å²) in [6.45, 7) is 3.57. The molecule has 7 nitrogen and oxygen atoms in total. The number of hydrogen-bond acceptors (Lipinski definition) is 6. The quantitative estimate of drug-likeness (QED) is 0.840. The van der Waals surface area contributed by atoms with Gasteiger partial charge in [0.1, 0.15) is 5.75 Å². The molecule has 2 fully saturated rings. The van der Waals surface area contributed by atoms with Crippen LogP contribution in [0.4, 0.5) is 11.5 Å². The number of carbonyl (C=O) groups is 1. The van der Waals surface area contributed by atoms with Gasteiger partial charge in [-0.05, 0) is 49.2 Å². The minimum Gasteiger partial charge on any atom is -0.497 e. The maximum Gasteiger partial charge on any atom is 0.272 e. The summed E-state index contributed by atoms with van der Waals surface area (Å²) < 4.78 is 5.23. The van der Waals surface area contributed by atoms with Crippen molar-refractivity contribution in [3.8, 4) is 5.75 Å². The molecule has 4 rings (SSSR count). The fourth-order valence-corrected chi connectivity index (χ4v) is 4.11. The molecule has 0 bridgehead atoms. The third kappa shape index (κ3) is 4.78. The van der Waals surface area contributed by atoms with Gasteiger partial charge in [0.05, 0.1) is 7.11 Å². The van der Waals surface area contributed by atoms with E-state index in [2.05, 4.69) is 37.4 Å². The molecule has 0 spiro atoms. The van der Waals surface area contributed by atoms with Gasteiger partial charge < -0.3 is 19.9 Å². The first kappa shape index (κ1) is 19.5. The molecular weight excluding hydrogens is 366 g/mol. The van der Waals surface area contributed by atoms with Crippen molar-refractivity contribution in [3.05, 3.63) is 42.1 Å². The minimum atomic E-state index is -0.111. The number of benzene rings is 1. The Morgan fingerprint density at radius 2 is 1.62 bits per heavy atom. The number of piperazine rings is 1. The van der Waals surface area contributed by atoms with Gasteiger partial charge in [-0.1, -0.05) is 19.3 Å². The van der Waals surface area contributed by atoms with Crippen LogP contribution in [0.25, 0.3) is 0 Å². The minimum absolute atomic E-state index is 0.111. The largest absolute Gasteiger partial charge is 0.497 e. The average Bonchev–Trinajstić information content (AvgIpc) is 2.80. The van der Waals surface area contributed by atoms with E-state index >= 15 is 0 Å². The molecule has 7 heteroatoms.